The Hall–Kier alpha value is -2.95. The van der Waals surface area contributed by atoms with Crippen molar-refractivity contribution < 1.29 is 19.4 Å². The van der Waals surface area contributed by atoms with E-state index in [1.165, 1.54) is 0 Å². The van der Waals surface area contributed by atoms with Crippen LogP contribution in [0.25, 0.3) is 16.6 Å². The summed E-state index contributed by atoms with van der Waals surface area (Å²) in [5.74, 6) is 0.158. The van der Waals surface area contributed by atoms with Gasteiger partial charge in [-0.1, -0.05) is 18.2 Å². The molecular weight excluding hydrogens is 294 g/mol. The largest absolute Gasteiger partial charge is 0.493 e. The van der Waals surface area contributed by atoms with Gasteiger partial charge in [0.05, 0.1) is 19.7 Å². The maximum absolute atomic E-state index is 11.7. The average molecular weight is 311 g/mol. The highest BCUT2D eigenvalue weighted by Crippen LogP contribution is 2.40. The molecule has 0 fully saturated rings. The van der Waals surface area contributed by atoms with Gasteiger partial charge in [-0.2, -0.15) is 0 Å². The van der Waals surface area contributed by atoms with Crippen LogP contribution in [0.4, 0.5) is 0 Å². The van der Waals surface area contributed by atoms with Crippen molar-refractivity contribution in [2.75, 3.05) is 14.2 Å². The van der Waals surface area contributed by atoms with E-state index in [1.54, 1.807) is 24.9 Å². The first-order valence-electron chi connectivity index (χ1n) is 7.14. The topological polar surface area (TPSA) is 60.7 Å². The van der Waals surface area contributed by atoms with E-state index >= 15 is 0 Å². The second-order valence-corrected chi connectivity index (χ2v) is 5.20. The number of aryl methyl sites for hydroxylation is 1. The summed E-state index contributed by atoms with van der Waals surface area (Å²) < 4.78 is 12.6. The van der Waals surface area contributed by atoms with Crippen LogP contribution in [0.15, 0.2) is 42.5 Å². The number of para-hydroxylation sites is 1. The first-order valence-corrected chi connectivity index (χ1v) is 7.14. The third-order valence-electron chi connectivity index (χ3n) is 3.84. The highest BCUT2D eigenvalue weighted by molar-refractivity contribution is 6.00. The lowest BCUT2D eigenvalue weighted by atomic mass is 10.1. The molecule has 1 N–H and O–H groups in total. The SMILES string of the molecule is COc1c(C)cc2c(cc(C(=O)O)n2-c2ccccc2)c1OC. The molecule has 0 unspecified atom stereocenters. The van der Waals surface area contributed by atoms with Gasteiger partial charge in [0.2, 0.25) is 0 Å². The number of hydrogen-bond donors (Lipinski definition) is 1. The lowest BCUT2D eigenvalue weighted by molar-refractivity contribution is 0.0688. The molecule has 1 heterocycles. The Morgan fingerprint density at radius 1 is 1.04 bits per heavy atom. The van der Waals surface area contributed by atoms with Crippen LogP contribution in [0, 0.1) is 6.92 Å². The van der Waals surface area contributed by atoms with Crippen LogP contribution in [-0.4, -0.2) is 29.9 Å². The number of carbonyl (C=O) groups is 1. The third kappa shape index (κ3) is 2.30. The predicted octanol–water partition coefficient (Wildman–Crippen LogP) is 3.65. The van der Waals surface area contributed by atoms with E-state index < -0.39 is 5.97 Å². The fraction of sp³-hybridized carbons (Fsp3) is 0.167. The van der Waals surface area contributed by atoms with E-state index in [4.69, 9.17) is 9.47 Å². The molecule has 0 spiro atoms. The van der Waals surface area contributed by atoms with Crippen molar-refractivity contribution in [1.82, 2.24) is 4.57 Å². The number of rotatable bonds is 4. The number of nitrogens with zero attached hydrogens (tertiary/aromatic N) is 1. The Bertz CT molecular complexity index is 881. The number of methoxy groups -OCH3 is 2. The summed E-state index contributed by atoms with van der Waals surface area (Å²) in [6.45, 7) is 1.91. The molecule has 2 aromatic carbocycles. The number of hydrogen-bond acceptors (Lipinski definition) is 3. The number of carboxylic acids is 1. The van der Waals surface area contributed by atoms with E-state index in [1.807, 2.05) is 43.3 Å². The first-order chi connectivity index (χ1) is 11.1. The van der Waals surface area contributed by atoms with Gasteiger partial charge in [0.15, 0.2) is 11.5 Å². The molecule has 0 saturated heterocycles. The zero-order valence-electron chi connectivity index (χ0n) is 13.2. The summed E-state index contributed by atoms with van der Waals surface area (Å²) in [6, 6.07) is 12.9. The van der Waals surface area contributed by atoms with Gasteiger partial charge in [0.25, 0.3) is 0 Å². The van der Waals surface area contributed by atoms with E-state index in [-0.39, 0.29) is 5.69 Å². The molecule has 3 rings (SSSR count). The molecule has 0 atom stereocenters. The highest BCUT2D eigenvalue weighted by atomic mass is 16.5. The predicted molar refractivity (Wildman–Crippen MR) is 88.1 cm³/mol. The molecule has 5 nitrogen and oxygen atoms in total. The minimum atomic E-state index is -0.997. The van der Waals surface area contributed by atoms with Crippen LogP contribution in [0.3, 0.4) is 0 Å². The van der Waals surface area contributed by atoms with Gasteiger partial charge in [0, 0.05) is 11.1 Å². The second-order valence-electron chi connectivity index (χ2n) is 5.20. The lowest BCUT2D eigenvalue weighted by Gasteiger charge is -2.13. The number of aromatic nitrogens is 1. The van der Waals surface area contributed by atoms with Crippen LogP contribution >= 0.6 is 0 Å². The molecule has 118 valence electrons. The van der Waals surface area contributed by atoms with Crippen LogP contribution < -0.4 is 9.47 Å². The number of aromatic carboxylic acids is 1. The zero-order valence-corrected chi connectivity index (χ0v) is 13.2. The molecule has 0 amide bonds. The Morgan fingerprint density at radius 3 is 2.26 bits per heavy atom. The quantitative estimate of drug-likeness (QED) is 0.799. The molecule has 1 aromatic heterocycles. The van der Waals surface area contributed by atoms with Crippen molar-refractivity contribution in [2.45, 2.75) is 6.92 Å². The maximum Gasteiger partial charge on any atom is 0.352 e. The normalized spacial score (nSPS) is 10.7. The Balaban J connectivity index is 2.45. The van der Waals surface area contributed by atoms with Crippen molar-refractivity contribution in [1.29, 1.82) is 0 Å². The van der Waals surface area contributed by atoms with E-state index in [9.17, 15) is 9.90 Å². The Kier molecular flexibility index (Phi) is 3.70. The smallest absolute Gasteiger partial charge is 0.352 e. The fourth-order valence-corrected chi connectivity index (χ4v) is 2.89. The van der Waals surface area contributed by atoms with Crippen molar-refractivity contribution in [3.8, 4) is 17.2 Å². The van der Waals surface area contributed by atoms with Crippen molar-refractivity contribution >= 4 is 16.9 Å². The number of ether oxygens (including phenoxy) is 2. The zero-order chi connectivity index (χ0) is 16.6. The number of carboxylic acid groups (broad SMARTS) is 1. The van der Waals surface area contributed by atoms with Crippen LogP contribution in [0.2, 0.25) is 0 Å². The van der Waals surface area contributed by atoms with E-state index in [0.717, 1.165) is 16.8 Å². The summed E-state index contributed by atoms with van der Waals surface area (Å²) in [5, 5.41) is 10.3. The van der Waals surface area contributed by atoms with Crippen LogP contribution in [0.5, 0.6) is 11.5 Å². The third-order valence-corrected chi connectivity index (χ3v) is 3.84. The summed E-state index contributed by atoms with van der Waals surface area (Å²) in [6.07, 6.45) is 0. The van der Waals surface area contributed by atoms with Gasteiger partial charge in [-0.15, -0.1) is 0 Å². The van der Waals surface area contributed by atoms with Gasteiger partial charge >= 0.3 is 5.97 Å². The first kappa shape index (κ1) is 15.0. The maximum atomic E-state index is 11.7. The Morgan fingerprint density at radius 2 is 1.70 bits per heavy atom. The van der Waals surface area contributed by atoms with Gasteiger partial charge in [-0.05, 0) is 36.8 Å². The van der Waals surface area contributed by atoms with Gasteiger partial charge in [-0.3, -0.25) is 0 Å². The summed E-state index contributed by atoms with van der Waals surface area (Å²) in [7, 11) is 3.13. The van der Waals surface area contributed by atoms with E-state index in [2.05, 4.69) is 0 Å². The van der Waals surface area contributed by atoms with Gasteiger partial charge in [0.1, 0.15) is 5.69 Å². The molecule has 0 saturated carbocycles. The summed E-state index contributed by atoms with van der Waals surface area (Å²) in [5.41, 5.74) is 2.61. The van der Waals surface area contributed by atoms with Crippen LogP contribution in [0.1, 0.15) is 16.1 Å². The molecule has 0 aliphatic carbocycles. The number of fused-ring (bicyclic) bond motifs is 1. The van der Waals surface area contributed by atoms with Crippen molar-refractivity contribution in [2.24, 2.45) is 0 Å². The average Bonchev–Trinajstić information content (AvgIpc) is 2.93. The monoisotopic (exact) mass is 311 g/mol. The summed E-state index contributed by atoms with van der Waals surface area (Å²) in [4.78, 5) is 11.7. The molecular formula is C18H17NO4. The van der Waals surface area contributed by atoms with Gasteiger partial charge < -0.3 is 19.1 Å². The Labute approximate surface area is 133 Å². The molecule has 5 heteroatoms. The fourth-order valence-electron chi connectivity index (χ4n) is 2.89. The molecule has 0 bridgehead atoms. The minimum Gasteiger partial charge on any atom is -0.493 e. The lowest BCUT2D eigenvalue weighted by Crippen LogP contribution is -2.06. The van der Waals surface area contributed by atoms with E-state index in [0.29, 0.717) is 16.9 Å². The molecule has 0 aliphatic rings. The second kappa shape index (κ2) is 5.68. The molecule has 0 radical (unpaired) electrons. The standard InChI is InChI=1S/C18H17NO4/c1-11-9-14-13(17(23-3)16(11)22-2)10-15(18(20)21)19(14)12-7-5-4-6-8-12/h4-10H,1-3H3,(H,20,21). The van der Waals surface area contributed by atoms with Crippen LogP contribution in [-0.2, 0) is 0 Å². The molecule has 23 heavy (non-hydrogen) atoms. The molecule has 0 aliphatic heterocycles. The number of benzene rings is 2. The van der Waals surface area contributed by atoms with Crippen molar-refractivity contribution in [3.05, 3.63) is 53.7 Å². The highest BCUT2D eigenvalue weighted by Gasteiger charge is 2.22. The van der Waals surface area contributed by atoms with Gasteiger partial charge in [-0.25, -0.2) is 4.79 Å². The van der Waals surface area contributed by atoms with Crippen molar-refractivity contribution in [3.63, 3.8) is 0 Å². The molecule has 3 aromatic rings. The summed E-state index contributed by atoms with van der Waals surface area (Å²) >= 11 is 0. The minimum absolute atomic E-state index is 0.178.